The van der Waals surface area contributed by atoms with Gasteiger partial charge >= 0.3 is 5.97 Å². The lowest BCUT2D eigenvalue weighted by Crippen LogP contribution is -2.03. The van der Waals surface area contributed by atoms with Gasteiger partial charge in [0.15, 0.2) is 0 Å². The second-order valence-electron chi connectivity index (χ2n) is 5.69. The molecule has 0 atom stereocenters. The Morgan fingerprint density at radius 2 is 2.15 bits per heavy atom. The highest BCUT2D eigenvalue weighted by Gasteiger charge is 2.07. The number of rotatable bonds is 7. The van der Waals surface area contributed by atoms with Crippen LogP contribution in [0.1, 0.15) is 11.1 Å². The summed E-state index contributed by atoms with van der Waals surface area (Å²) in [4.78, 5) is 15.2. The molecule has 0 aliphatic rings. The van der Waals surface area contributed by atoms with Crippen molar-refractivity contribution < 1.29 is 19.5 Å². The molecular formula is C19H17ClN2O4. The Labute approximate surface area is 155 Å². The topological polar surface area (TPSA) is 73.1 Å². The zero-order valence-electron chi connectivity index (χ0n) is 14.1. The summed E-state index contributed by atoms with van der Waals surface area (Å²) in [5, 5.41) is 13.9. The third kappa shape index (κ3) is 4.34. The summed E-state index contributed by atoms with van der Waals surface area (Å²) < 4.78 is 7.81. The van der Waals surface area contributed by atoms with E-state index in [1.165, 1.54) is 6.21 Å². The zero-order chi connectivity index (χ0) is 18.5. The van der Waals surface area contributed by atoms with Gasteiger partial charge in [0, 0.05) is 34.7 Å². The molecule has 0 saturated heterocycles. The minimum absolute atomic E-state index is 0.407. The molecule has 6 nitrogen and oxygen atoms in total. The van der Waals surface area contributed by atoms with Gasteiger partial charge in [0.2, 0.25) is 6.61 Å². The highest BCUT2D eigenvalue weighted by atomic mass is 35.5. The van der Waals surface area contributed by atoms with Crippen LogP contribution >= 0.6 is 11.6 Å². The molecular weight excluding hydrogens is 356 g/mol. The number of ether oxygens (including phenoxy) is 1. The van der Waals surface area contributed by atoms with Crippen molar-refractivity contribution in [2.24, 2.45) is 12.2 Å². The molecule has 0 fully saturated rings. The summed E-state index contributed by atoms with van der Waals surface area (Å²) in [5.74, 6) is -0.360. The molecule has 0 saturated carbocycles. The normalized spacial score (nSPS) is 11.2. The van der Waals surface area contributed by atoms with Crippen LogP contribution in [0.2, 0.25) is 5.02 Å². The molecule has 2 aromatic carbocycles. The maximum absolute atomic E-state index is 10.5. The van der Waals surface area contributed by atoms with Gasteiger partial charge in [0.1, 0.15) is 12.4 Å². The van der Waals surface area contributed by atoms with Crippen LogP contribution in [0, 0.1) is 0 Å². The minimum atomic E-state index is -1.07. The number of halogens is 1. The van der Waals surface area contributed by atoms with Gasteiger partial charge in [-0.15, -0.1) is 0 Å². The number of aliphatic carboxylic acids is 1. The van der Waals surface area contributed by atoms with Gasteiger partial charge in [-0.3, -0.25) is 0 Å². The molecule has 0 aliphatic heterocycles. The Bertz CT molecular complexity index is 965. The average Bonchev–Trinajstić information content (AvgIpc) is 2.92. The minimum Gasteiger partial charge on any atom is -0.489 e. The summed E-state index contributed by atoms with van der Waals surface area (Å²) in [6, 6.07) is 13.3. The summed E-state index contributed by atoms with van der Waals surface area (Å²) in [6.07, 6.45) is 3.38. The number of benzene rings is 2. The smallest absolute Gasteiger partial charge is 0.344 e. The van der Waals surface area contributed by atoms with Crippen molar-refractivity contribution >= 4 is 34.7 Å². The Morgan fingerprint density at radius 1 is 1.31 bits per heavy atom. The number of aryl methyl sites for hydroxylation is 1. The highest BCUT2D eigenvalue weighted by Crippen LogP contribution is 2.25. The maximum atomic E-state index is 10.5. The third-order valence-corrected chi connectivity index (χ3v) is 3.98. The summed E-state index contributed by atoms with van der Waals surface area (Å²) in [7, 11) is 1.92. The number of hydrogen-bond donors (Lipinski definition) is 1. The molecule has 26 heavy (non-hydrogen) atoms. The van der Waals surface area contributed by atoms with Crippen LogP contribution < -0.4 is 4.74 Å². The summed E-state index contributed by atoms with van der Waals surface area (Å²) in [5.41, 5.74) is 2.79. The van der Waals surface area contributed by atoms with Gasteiger partial charge in [-0.05, 0) is 35.9 Å². The maximum Gasteiger partial charge on any atom is 0.344 e. The molecule has 1 heterocycles. The van der Waals surface area contributed by atoms with E-state index >= 15 is 0 Å². The molecule has 3 rings (SSSR count). The molecule has 134 valence electrons. The van der Waals surface area contributed by atoms with E-state index in [4.69, 9.17) is 26.3 Å². The molecule has 0 spiro atoms. The van der Waals surface area contributed by atoms with Crippen LogP contribution in [-0.2, 0) is 23.3 Å². The van der Waals surface area contributed by atoms with Crippen molar-refractivity contribution in [1.29, 1.82) is 0 Å². The highest BCUT2D eigenvalue weighted by molar-refractivity contribution is 6.30. The van der Waals surface area contributed by atoms with Crippen molar-refractivity contribution in [3.05, 3.63) is 64.8 Å². The van der Waals surface area contributed by atoms with Crippen molar-refractivity contribution in [2.75, 3.05) is 6.61 Å². The van der Waals surface area contributed by atoms with Crippen molar-refractivity contribution in [1.82, 2.24) is 4.57 Å². The number of hydrogen-bond acceptors (Lipinski definition) is 4. The van der Waals surface area contributed by atoms with Crippen molar-refractivity contribution in [2.45, 2.75) is 6.61 Å². The number of carbonyl (C=O) groups is 1. The SMILES string of the molecule is Cn1cc(/C=N/OCC(=O)O)c2cc(OCc3cccc(Cl)c3)ccc21. The number of carboxylic acid groups (broad SMARTS) is 1. The predicted octanol–water partition coefficient (Wildman–Crippen LogP) is 3.85. The average molecular weight is 373 g/mol. The monoisotopic (exact) mass is 372 g/mol. The van der Waals surface area contributed by atoms with Crippen molar-refractivity contribution in [3.8, 4) is 5.75 Å². The van der Waals surface area contributed by atoms with Gasteiger partial charge in [0.05, 0.1) is 6.21 Å². The van der Waals surface area contributed by atoms with E-state index in [-0.39, 0.29) is 0 Å². The molecule has 0 bridgehead atoms. The lowest BCUT2D eigenvalue weighted by molar-refractivity contribution is -0.142. The van der Waals surface area contributed by atoms with Crippen LogP contribution in [-0.4, -0.2) is 28.5 Å². The number of nitrogens with zero attached hydrogens (tertiary/aromatic N) is 2. The Balaban J connectivity index is 1.78. The molecule has 1 aromatic heterocycles. The van der Waals surface area contributed by atoms with E-state index in [1.807, 2.05) is 60.3 Å². The van der Waals surface area contributed by atoms with E-state index in [0.717, 1.165) is 22.0 Å². The molecule has 0 amide bonds. The molecule has 0 aliphatic carbocycles. The molecule has 1 N–H and O–H groups in total. The molecule has 3 aromatic rings. The summed E-state index contributed by atoms with van der Waals surface area (Å²) >= 11 is 5.99. The van der Waals surface area contributed by atoms with Gasteiger partial charge in [-0.1, -0.05) is 28.9 Å². The molecule has 0 unspecified atom stereocenters. The summed E-state index contributed by atoms with van der Waals surface area (Å²) in [6.45, 7) is -0.0701. The van der Waals surface area contributed by atoms with Crippen LogP contribution in [0.5, 0.6) is 5.75 Å². The van der Waals surface area contributed by atoms with Gasteiger partial charge in [0.25, 0.3) is 0 Å². The largest absolute Gasteiger partial charge is 0.489 e. The lowest BCUT2D eigenvalue weighted by atomic mass is 10.2. The Morgan fingerprint density at radius 3 is 2.92 bits per heavy atom. The molecule has 7 heteroatoms. The van der Waals surface area contributed by atoms with E-state index in [2.05, 4.69) is 5.16 Å². The molecule has 0 radical (unpaired) electrons. The van der Waals surface area contributed by atoms with Crippen LogP contribution in [0.4, 0.5) is 0 Å². The quantitative estimate of drug-likeness (QED) is 0.505. The first-order valence-electron chi connectivity index (χ1n) is 7.86. The first-order chi connectivity index (χ1) is 12.5. The van der Waals surface area contributed by atoms with Gasteiger partial charge in [-0.25, -0.2) is 4.79 Å². The fourth-order valence-electron chi connectivity index (χ4n) is 2.57. The van der Waals surface area contributed by atoms with E-state index < -0.39 is 12.6 Å². The lowest BCUT2D eigenvalue weighted by Gasteiger charge is -2.07. The first-order valence-corrected chi connectivity index (χ1v) is 8.24. The third-order valence-electron chi connectivity index (χ3n) is 3.74. The zero-order valence-corrected chi connectivity index (χ0v) is 14.8. The number of fused-ring (bicyclic) bond motifs is 1. The standard InChI is InChI=1S/C19H17ClN2O4/c1-22-10-14(9-21-26-12-19(23)24)17-8-16(5-6-18(17)22)25-11-13-3-2-4-15(20)7-13/h2-10H,11-12H2,1H3,(H,23,24)/b21-9+. The Kier molecular flexibility index (Phi) is 5.43. The van der Waals surface area contributed by atoms with E-state index in [1.54, 1.807) is 0 Å². The number of oxime groups is 1. The number of aromatic nitrogens is 1. The first kappa shape index (κ1) is 17.8. The van der Waals surface area contributed by atoms with Crippen LogP contribution in [0.3, 0.4) is 0 Å². The fourth-order valence-corrected chi connectivity index (χ4v) is 2.79. The second-order valence-corrected chi connectivity index (χ2v) is 6.13. The van der Waals surface area contributed by atoms with Gasteiger partial charge < -0.3 is 19.2 Å². The second kappa shape index (κ2) is 7.93. The van der Waals surface area contributed by atoms with Crippen LogP contribution in [0.25, 0.3) is 10.9 Å². The van der Waals surface area contributed by atoms with Crippen molar-refractivity contribution in [3.63, 3.8) is 0 Å². The fraction of sp³-hybridized carbons (Fsp3) is 0.158. The predicted molar refractivity (Wildman–Crippen MR) is 99.9 cm³/mol. The van der Waals surface area contributed by atoms with Crippen LogP contribution in [0.15, 0.2) is 53.8 Å². The number of carboxylic acids is 1. The van der Waals surface area contributed by atoms with E-state index in [9.17, 15) is 4.79 Å². The van der Waals surface area contributed by atoms with E-state index in [0.29, 0.717) is 17.4 Å². The van der Waals surface area contributed by atoms with Gasteiger partial charge in [-0.2, -0.15) is 0 Å². The Hall–Kier alpha value is -2.99.